The summed E-state index contributed by atoms with van der Waals surface area (Å²) >= 11 is 0. The SMILES string of the molecule is NC(C(=O)O)c1ccc([N+](=O)[O-])nc1. The number of nitrogens with two attached hydrogens (primary N) is 1. The molecule has 0 aliphatic rings. The molecule has 74 valence electrons. The van der Waals surface area contributed by atoms with Crippen LogP contribution in [-0.2, 0) is 4.79 Å². The Morgan fingerprint density at radius 1 is 1.64 bits per heavy atom. The van der Waals surface area contributed by atoms with E-state index in [4.69, 9.17) is 10.8 Å². The smallest absolute Gasteiger partial charge is 0.363 e. The zero-order valence-electron chi connectivity index (χ0n) is 6.95. The van der Waals surface area contributed by atoms with Crippen molar-refractivity contribution < 1.29 is 14.8 Å². The summed E-state index contributed by atoms with van der Waals surface area (Å²) in [7, 11) is 0. The van der Waals surface area contributed by atoms with Crippen molar-refractivity contribution in [1.29, 1.82) is 0 Å². The predicted molar refractivity (Wildman–Crippen MR) is 45.5 cm³/mol. The van der Waals surface area contributed by atoms with Crippen LogP contribution < -0.4 is 5.73 Å². The number of carbonyl (C=O) groups is 1. The van der Waals surface area contributed by atoms with Gasteiger partial charge in [0, 0.05) is 11.6 Å². The van der Waals surface area contributed by atoms with Gasteiger partial charge in [0.25, 0.3) is 0 Å². The van der Waals surface area contributed by atoms with Gasteiger partial charge >= 0.3 is 11.8 Å². The van der Waals surface area contributed by atoms with Crippen LogP contribution in [0.25, 0.3) is 0 Å². The molecule has 1 rings (SSSR count). The normalized spacial score (nSPS) is 12.1. The second-order valence-corrected chi connectivity index (χ2v) is 2.52. The highest BCUT2D eigenvalue weighted by atomic mass is 16.6. The quantitative estimate of drug-likeness (QED) is 0.522. The first-order chi connectivity index (χ1) is 6.52. The Hall–Kier alpha value is -2.02. The van der Waals surface area contributed by atoms with Gasteiger partial charge in [-0.2, -0.15) is 0 Å². The molecule has 1 aromatic heterocycles. The van der Waals surface area contributed by atoms with Crippen LogP contribution in [0.3, 0.4) is 0 Å². The number of nitro groups is 1. The summed E-state index contributed by atoms with van der Waals surface area (Å²) in [4.78, 5) is 23.4. The van der Waals surface area contributed by atoms with Gasteiger partial charge < -0.3 is 21.0 Å². The number of nitrogens with zero attached hydrogens (tertiary/aromatic N) is 2. The highest BCUT2D eigenvalue weighted by Gasteiger charge is 2.17. The van der Waals surface area contributed by atoms with E-state index in [1.807, 2.05) is 0 Å². The fourth-order valence-electron chi connectivity index (χ4n) is 0.832. The predicted octanol–water partition coefficient (Wildman–Crippen LogP) is 0.0742. The molecule has 0 spiro atoms. The number of carboxylic acids is 1. The Bertz CT molecular complexity index is 362. The topological polar surface area (TPSA) is 119 Å². The van der Waals surface area contributed by atoms with Crippen LogP contribution in [0.4, 0.5) is 5.82 Å². The second kappa shape index (κ2) is 3.79. The molecule has 1 heterocycles. The Kier molecular flexibility index (Phi) is 2.73. The molecule has 1 unspecified atom stereocenters. The van der Waals surface area contributed by atoms with Gasteiger partial charge in [-0.25, -0.2) is 0 Å². The van der Waals surface area contributed by atoms with Crippen molar-refractivity contribution >= 4 is 11.8 Å². The molecule has 7 heteroatoms. The van der Waals surface area contributed by atoms with E-state index in [1.165, 1.54) is 6.07 Å². The van der Waals surface area contributed by atoms with Crippen LogP contribution in [-0.4, -0.2) is 21.0 Å². The van der Waals surface area contributed by atoms with Crippen molar-refractivity contribution in [2.45, 2.75) is 6.04 Å². The first kappa shape index (κ1) is 10.1. The van der Waals surface area contributed by atoms with Gasteiger partial charge in [0.05, 0.1) is 0 Å². The zero-order chi connectivity index (χ0) is 10.7. The number of carboxylic acid groups (broad SMARTS) is 1. The number of rotatable bonds is 3. The molecule has 0 bridgehead atoms. The van der Waals surface area contributed by atoms with Crippen molar-refractivity contribution in [3.8, 4) is 0 Å². The molecule has 0 amide bonds. The first-order valence-electron chi connectivity index (χ1n) is 3.61. The molecule has 0 aliphatic carbocycles. The summed E-state index contributed by atoms with van der Waals surface area (Å²) in [5.74, 6) is -1.55. The summed E-state index contributed by atoms with van der Waals surface area (Å²) in [6.07, 6.45) is 1.08. The van der Waals surface area contributed by atoms with Crippen molar-refractivity contribution in [1.82, 2.24) is 4.98 Å². The molecule has 0 saturated carbocycles. The number of aromatic nitrogens is 1. The molecule has 1 aromatic rings. The lowest BCUT2D eigenvalue weighted by molar-refractivity contribution is -0.389. The third-order valence-corrected chi connectivity index (χ3v) is 1.58. The van der Waals surface area contributed by atoms with E-state index in [2.05, 4.69) is 4.98 Å². The lowest BCUT2D eigenvalue weighted by Crippen LogP contribution is -2.20. The standard InChI is InChI=1S/C7H7N3O4/c8-6(7(11)12)4-1-2-5(9-3-4)10(13)14/h1-3,6H,8H2,(H,11,12). The lowest BCUT2D eigenvalue weighted by atomic mass is 10.1. The summed E-state index contributed by atoms with van der Waals surface area (Å²) in [5.41, 5.74) is 5.48. The van der Waals surface area contributed by atoms with E-state index < -0.39 is 16.9 Å². The molecule has 14 heavy (non-hydrogen) atoms. The summed E-state index contributed by atoms with van der Waals surface area (Å²) in [5, 5.41) is 18.7. The second-order valence-electron chi connectivity index (χ2n) is 2.52. The van der Waals surface area contributed by atoms with E-state index in [1.54, 1.807) is 0 Å². The van der Waals surface area contributed by atoms with Gasteiger partial charge in [0.15, 0.2) is 0 Å². The van der Waals surface area contributed by atoms with Crippen LogP contribution in [0.2, 0.25) is 0 Å². The van der Waals surface area contributed by atoms with Crippen LogP contribution >= 0.6 is 0 Å². The Balaban J connectivity index is 2.94. The van der Waals surface area contributed by atoms with E-state index >= 15 is 0 Å². The van der Waals surface area contributed by atoms with Crippen molar-refractivity contribution in [2.75, 3.05) is 0 Å². The average molecular weight is 197 g/mol. The lowest BCUT2D eigenvalue weighted by Gasteiger charge is -2.02. The molecule has 0 saturated heterocycles. The minimum absolute atomic E-state index is 0.225. The van der Waals surface area contributed by atoms with Crippen molar-refractivity contribution in [3.05, 3.63) is 34.0 Å². The summed E-state index contributed by atoms with van der Waals surface area (Å²) in [6, 6.07) is 1.17. The molecular weight excluding hydrogens is 190 g/mol. The van der Waals surface area contributed by atoms with Gasteiger partial charge in [-0.15, -0.1) is 0 Å². The Labute approximate surface area is 78.3 Å². The molecule has 1 atom stereocenters. The summed E-state index contributed by atoms with van der Waals surface area (Å²) < 4.78 is 0. The van der Waals surface area contributed by atoms with Gasteiger partial charge in [-0.1, -0.05) is 0 Å². The van der Waals surface area contributed by atoms with E-state index in [-0.39, 0.29) is 11.4 Å². The maximum atomic E-state index is 10.4. The van der Waals surface area contributed by atoms with E-state index in [9.17, 15) is 14.9 Å². The van der Waals surface area contributed by atoms with Crippen molar-refractivity contribution in [3.63, 3.8) is 0 Å². The third-order valence-electron chi connectivity index (χ3n) is 1.58. The van der Waals surface area contributed by atoms with Crippen LogP contribution in [0.5, 0.6) is 0 Å². The minimum atomic E-state index is -1.21. The van der Waals surface area contributed by atoms with Crippen LogP contribution in [0.1, 0.15) is 11.6 Å². The molecular formula is C7H7N3O4. The van der Waals surface area contributed by atoms with Gasteiger partial charge in [0.1, 0.15) is 12.2 Å². The Morgan fingerprint density at radius 2 is 2.29 bits per heavy atom. The fourth-order valence-corrected chi connectivity index (χ4v) is 0.832. The maximum Gasteiger partial charge on any atom is 0.363 e. The minimum Gasteiger partial charge on any atom is -0.480 e. The van der Waals surface area contributed by atoms with Gasteiger partial charge in [-0.05, 0) is 16.0 Å². The molecule has 3 N–H and O–H groups in total. The largest absolute Gasteiger partial charge is 0.480 e. The molecule has 7 nitrogen and oxygen atoms in total. The molecule has 0 aromatic carbocycles. The molecule has 0 aliphatic heterocycles. The number of pyridine rings is 1. The van der Waals surface area contributed by atoms with Gasteiger partial charge in [-0.3, -0.25) is 4.79 Å². The van der Waals surface area contributed by atoms with Gasteiger partial charge in [0.2, 0.25) is 0 Å². The van der Waals surface area contributed by atoms with Crippen molar-refractivity contribution in [2.24, 2.45) is 5.73 Å². The Morgan fingerprint density at radius 3 is 2.64 bits per heavy atom. The number of hydrogen-bond donors (Lipinski definition) is 2. The highest BCUT2D eigenvalue weighted by molar-refractivity contribution is 5.75. The third kappa shape index (κ3) is 2.02. The molecule has 0 fully saturated rings. The zero-order valence-corrected chi connectivity index (χ0v) is 6.95. The number of aliphatic carboxylic acids is 1. The first-order valence-corrected chi connectivity index (χ1v) is 3.61. The highest BCUT2D eigenvalue weighted by Crippen LogP contribution is 2.12. The summed E-state index contributed by atoms with van der Waals surface area (Å²) in [6.45, 7) is 0. The maximum absolute atomic E-state index is 10.4. The van der Waals surface area contributed by atoms with Crippen LogP contribution in [0.15, 0.2) is 18.3 Å². The van der Waals surface area contributed by atoms with E-state index in [0.29, 0.717) is 0 Å². The molecule has 0 radical (unpaired) electrons. The van der Waals surface area contributed by atoms with Crippen LogP contribution in [0, 0.1) is 10.1 Å². The average Bonchev–Trinajstić information content (AvgIpc) is 2.16. The fraction of sp³-hybridized carbons (Fsp3) is 0.143. The van der Waals surface area contributed by atoms with E-state index in [0.717, 1.165) is 12.3 Å². The number of hydrogen-bond acceptors (Lipinski definition) is 5. The monoisotopic (exact) mass is 197 g/mol.